The van der Waals surface area contributed by atoms with Gasteiger partial charge in [0.25, 0.3) is 0 Å². The van der Waals surface area contributed by atoms with Gasteiger partial charge in [-0.1, -0.05) is 17.7 Å². The minimum atomic E-state index is -5.20. The van der Waals surface area contributed by atoms with E-state index in [2.05, 4.69) is 4.74 Å². The molecule has 0 atom stereocenters. The lowest BCUT2D eigenvalue weighted by molar-refractivity contribution is -0.193. The lowest BCUT2D eigenvalue weighted by atomic mass is 10.2. The average molecular weight is 253 g/mol. The second kappa shape index (κ2) is 4.52. The Balaban J connectivity index is 2.78. The van der Waals surface area contributed by atoms with E-state index in [4.69, 9.17) is 11.6 Å². The van der Waals surface area contributed by atoms with Gasteiger partial charge in [-0.2, -0.15) is 13.2 Å². The summed E-state index contributed by atoms with van der Waals surface area (Å²) < 4.78 is 38.8. The molecule has 0 unspecified atom stereocenters. The minimum absolute atomic E-state index is 0.147. The normalized spacial score (nSPS) is 11.0. The number of hydrogen-bond donors (Lipinski definition) is 0. The molecule has 0 spiro atoms. The Labute approximate surface area is 92.8 Å². The zero-order valence-electron chi connectivity index (χ0n) is 7.55. The molecule has 1 aromatic carbocycles. The van der Waals surface area contributed by atoms with Crippen LogP contribution in [0.15, 0.2) is 24.3 Å². The van der Waals surface area contributed by atoms with E-state index in [1.807, 2.05) is 0 Å². The number of hydrogen-bond acceptors (Lipinski definition) is 3. The Hall–Kier alpha value is -1.56. The van der Waals surface area contributed by atoms with Crippen molar-refractivity contribution in [2.24, 2.45) is 0 Å². The van der Waals surface area contributed by atoms with Gasteiger partial charge in [-0.3, -0.25) is 0 Å². The van der Waals surface area contributed by atoms with Gasteiger partial charge in [-0.25, -0.2) is 9.59 Å². The van der Waals surface area contributed by atoms with Crippen LogP contribution in [0.25, 0.3) is 0 Å². The third-order valence-corrected chi connectivity index (χ3v) is 1.71. The molecule has 0 saturated heterocycles. The zero-order chi connectivity index (χ0) is 12.3. The van der Waals surface area contributed by atoms with Crippen molar-refractivity contribution < 1.29 is 27.5 Å². The van der Waals surface area contributed by atoms with E-state index >= 15 is 0 Å². The van der Waals surface area contributed by atoms with Gasteiger partial charge in [-0.05, 0) is 18.2 Å². The summed E-state index contributed by atoms with van der Waals surface area (Å²) in [5.74, 6) is -3.96. The molecule has 3 nitrogen and oxygen atoms in total. The summed E-state index contributed by atoms with van der Waals surface area (Å²) in [7, 11) is 0. The number of alkyl halides is 3. The number of ether oxygens (including phenoxy) is 1. The van der Waals surface area contributed by atoms with Gasteiger partial charge in [0.15, 0.2) is 0 Å². The number of rotatable bonds is 1. The Morgan fingerprint density at radius 3 is 2.38 bits per heavy atom. The molecular weight excluding hydrogens is 249 g/mol. The van der Waals surface area contributed by atoms with Crippen LogP contribution in [0.2, 0.25) is 5.02 Å². The minimum Gasteiger partial charge on any atom is -0.383 e. The van der Waals surface area contributed by atoms with Crippen LogP contribution in [0.1, 0.15) is 10.4 Å². The third kappa shape index (κ3) is 3.23. The summed E-state index contributed by atoms with van der Waals surface area (Å²) in [5, 5.41) is 0.147. The molecule has 1 aromatic rings. The van der Waals surface area contributed by atoms with E-state index in [1.165, 1.54) is 18.2 Å². The number of carbonyl (C=O) groups is 2. The van der Waals surface area contributed by atoms with Crippen LogP contribution in [0.5, 0.6) is 0 Å². The first-order chi connectivity index (χ1) is 7.30. The summed E-state index contributed by atoms with van der Waals surface area (Å²) in [6, 6.07) is 5.03. The molecule has 0 aliphatic carbocycles. The van der Waals surface area contributed by atoms with Crippen molar-refractivity contribution >= 4 is 23.5 Å². The fourth-order valence-corrected chi connectivity index (χ4v) is 1.01. The van der Waals surface area contributed by atoms with E-state index in [1.54, 1.807) is 0 Å². The van der Waals surface area contributed by atoms with Crippen molar-refractivity contribution in [1.82, 2.24) is 0 Å². The smallest absolute Gasteiger partial charge is 0.383 e. The van der Waals surface area contributed by atoms with Gasteiger partial charge in [0, 0.05) is 5.02 Å². The van der Waals surface area contributed by atoms with Crippen molar-refractivity contribution in [2.75, 3.05) is 0 Å². The Morgan fingerprint density at radius 1 is 1.25 bits per heavy atom. The van der Waals surface area contributed by atoms with Crippen molar-refractivity contribution in [3.63, 3.8) is 0 Å². The number of esters is 2. The fourth-order valence-electron chi connectivity index (χ4n) is 0.816. The molecule has 0 bridgehead atoms. The van der Waals surface area contributed by atoms with Crippen LogP contribution < -0.4 is 0 Å². The number of carbonyl (C=O) groups excluding carboxylic acids is 2. The molecule has 0 aromatic heterocycles. The van der Waals surface area contributed by atoms with Gasteiger partial charge >= 0.3 is 18.1 Å². The molecule has 86 valence electrons. The maximum atomic E-state index is 11.8. The highest BCUT2D eigenvalue weighted by Gasteiger charge is 2.42. The SMILES string of the molecule is O=C(OC(=O)C(F)(F)F)c1cccc(Cl)c1. The lowest BCUT2D eigenvalue weighted by Crippen LogP contribution is -2.28. The topological polar surface area (TPSA) is 43.4 Å². The average Bonchev–Trinajstić information content (AvgIpc) is 2.16. The van der Waals surface area contributed by atoms with Gasteiger partial charge in [0.2, 0.25) is 0 Å². The van der Waals surface area contributed by atoms with E-state index in [0.29, 0.717) is 0 Å². The monoisotopic (exact) mass is 252 g/mol. The second-order valence-electron chi connectivity index (χ2n) is 2.69. The fraction of sp³-hybridized carbons (Fsp3) is 0.111. The maximum Gasteiger partial charge on any atom is 0.491 e. The highest BCUT2D eigenvalue weighted by atomic mass is 35.5. The molecular formula is C9H4ClF3O3. The summed E-state index contributed by atoms with van der Waals surface area (Å²) in [6.07, 6.45) is -5.20. The highest BCUT2D eigenvalue weighted by molar-refractivity contribution is 6.30. The Kier molecular flexibility index (Phi) is 3.54. The first-order valence-electron chi connectivity index (χ1n) is 3.89. The first kappa shape index (κ1) is 12.5. The molecule has 0 N–H and O–H groups in total. The van der Waals surface area contributed by atoms with Crippen LogP contribution in [0.4, 0.5) is 13.2 Å². The predicted molar refractivity (Wildman–Crippen MR) is 47.9 cm³/mol. The Morgan fingerprint density at radius 2 is 1.88 bits per heavy atom. The zero-order valence-corrected chi connectivity index (χ0v) is 8.30. The van der Waals surface area contributed by atoms with E-state index < -0.39 is 18.1 Å². The summed E-state index contributed by atoms with van der Waals surface area (Å²) in [5.41, 5.74) is -0.231. The van der Waals surface area contributed by atoms with Crippen molar-refractivity contribution in [2.45, 2.75) is 6.18 Å². The van der Waals surface area contributed by atoms with Gasteiger partial charge < -0.3 is 4.74 Å². The van der Waals surface area contributed by atoms with Crippen molar-refractivity contribution in [3.8, 4) is 0 Å². The molecule has 0 fully saturated rings. The van der Waals surface area contributed by atoms with Crippen LogP contribution in [0.3, 0.4) is 0 Å². The Bertz CT molecular complexity index is 428. The highest BCUT2D eigenvalue weighted by Crippen LogP contribution is 2.18. The standard InChI is InChI=1S/C9H4ClF3O3/c10-6-3-1-2-5(4-6)7(14)16-8(15)9(11,12)13/h1-4H. The summed E-state index contributed by atoms with van der Waals surface area (Å²) in [6.45, 7) is 0. The number of benzene rings is 1. The quantitative estimate of drug-likeness (QED) is 0.570. The molecule has 0 heterocycles. The summed E-state index contributed by atoms with van der Waals surface area (Å²) in [4.78, 5) is 21.4. The van der Waals surface area contributed by atoms with E-state index in [0.717, 1.165) is 6.07 Å². The first-order valence-corrected chi connectivity index (χ1v) is 4.27. The molecule has 0 aliphatic heterocycles. The largest absolute Gasteiger partial charge is 0.491 e. The molecule has 1 rings (SSSR count). The van der Waals surface area contributed by atoms with Gasteiger partial charge in [0.1, 0.15) is 0 Å². The molecule has 7 heteroatoms. The lowest BCUT2D eigenvalue weighted by Gasteiger charge is -2.05. The van der Waals surface area contributed by atoms with Crippen molar-refractivity contribution in [1.29, 1.82) is 0 Å². The summed E-state index contributed by atoms with van der Waals surface area (Å²) >= 11 is 5.50. The predicted octanol–water partition coefficient (Wildman–Crippen LogP) is 2.59. The molecule has 0 aliphatic rings. The maximum absolute atomic E-state index is 11.8. The van der Waals surface area contributed by atoms with Crippen LogP contribution in [-0.4, -0.2) is 18.1 Å². The molecule has 0 radical (unpaired) electrons. The molecule has 16 heavy (non-hydrogen) atoms. The van der Waals surface area contributed by atoms with Gasteiger partial charge in [0.05, 0.1) is 5.56 Å². The molecule has 0 saturated carbocycles. The number of halogens is 4. The van der Waals surface area contributed by atoms with Crippen LogP contribution >= 0.6 is 11.6 Å². The van der Waals surface area contributed by atoms with Crippen LogP contribution in [-0.2, 0) is 9.53 Å². The third-order valence-electron chi connectivity index (χ3n) is 1.48. The second-order valence-corrected chi connectivity index (χ2v) is 3.12. The van der Waals surface area contributed by atoms with Gasteiger partial charge in [-0.15, -0.1) is 0 Å². The van der Waals surface area contributed by atoms with Crippen molar-refractivity contribution in [3.05, 3.63) is 34.9 Å². The van der Waals surface area contributed by atoms with E-state index in [9.17, 15) is 22.8 Å². The van der Waals surface area contributed by atoms with E-state index in [-0.39, 0.29) is 10.6 Å². The van der Waals surface area contributed by atoms with Crippen LogP contribution in [0, 0.1) is 0 Å². The molecule has 0 amide bonds.